The lowest BCUT2D eigenvalue weighted by Gasteiger charge is -2.36. The van der Waals surface area contributed by atoms with Crippen LogP contribution in [0.25, 0.3) is 5.65 Å². The van der Waals surface area contributed by atoms with E-state index in [0.29, 0.717) is 18.1 Å². The molecule has 0 bridgehead atoms. The summed E-state index contributed by atoms with van der Waals surface area (Å²) in [5, 5.41) is 20.6. The van der Waals surface area contributed by atoms with E-state index in [1.54, 1.807) is 15.5 Å². The van der Waals surface area contributed by atoms with E-state index in [1.807, 2.05) is 42.5 Å². The predicted molar refractivity (Wildman–Crippen MR) is 88.7 cm³/mol. The summed E-state index contributed by atoms with van der Waals surface area (Å²) in [6.45, 7) is 0.426. The van der Waals surface area contributed by atoms with Gasteiger partial charge in [0.2, 0.25) is 5.95 Å². The summed E-state index contributed by atoms with van der Waals surface area (Å²) in [5.74, 6) is 0.367. The topological polar surface area (TPSA) is 82.8 Å². The lowest BCUT2D eigenvalue weighted by Crippen LogP contribution is -2.44. The van der Waals surface area contributed by atoms with Gasteiger partial charge < -0.3 is 10.0 Å². The van der Waals surface area contributed by atoms with E-state index >= 15 is 0 Å². The number of fused-ring (bicyclic) bond motifs is 2. The molecular weight excluding hydrogens is 306 g/mol. The molecule has 1 aliphatic heterocycles. The number of anilines is 1. The van der Waals surface area contributed by atoms with Gasteiger partial charge in [0, 0.05) is 12.7 Å². The SMILES string of the molecule is O=C(Nc1nnc2ccccn12)N1CCc2ccccc2C1CO. The zero-order valence-corrected chi connectivity index (χ0v) is 13.0. The number of aliphatic hydroxyl groups is 1. The van der Waals surface area contributed by atoms with E-state index in [1.165, 1.54) is 5.56 Å². The number of hydrogen-bond donors (Lipinski definition) is 2. The van der Waals surface area contributed by atoms with Crippen LogP contribution in [0.3, 0.4) is 0 Å². The quantitative estimate of drug-likeness (QED) is 0.754. The van der Waals surface area contributed by atoms with Crippen LogP contribution in [-0.4, -0.2) is 43.8 Å². The minimum absolute atomic E-state index is 0.120. The first-order valence-electron chi connectivity index (χ1n) is 7.84. The number of nitrogens with one attached hydrogen (secondary N) is 1. The molecular formula is C17H17N5O2. The maximum Gasteiger partial charge on any atom is 0.324 e. The number of aliphatic hydroxyl groups excluding tert-OH is 1. The van der Waals surface area contributed by atoms with Crippen molar-refractivity contribution >= 4 is 17.6 Å². The van der Waals surface area contributed by atoms with E-state index in [4.69, 9.17) is 0 Å². The Morgan fingerprint density at radius 3 is 2.92 bits per heavy atom. The molecule has 1 aliphatic rings. The number of rotatable bonds is 2. The number of amides is 2. The second-order valence-corrected chi connectivity index (χ2v) is 5.72. The molecule has 2 amide bonds. The highest BCUT2D eigenvalue weighted by atomic mass is 16.3. The number of hydrogen-bond acceptors (Lipinski definition) is 4. The van der Waals surface area contributed by atoms with Crippen molar-refractivity contribution in [2.24, 2.45) is 0 Å². The van der Waals surface area contributed by atoms with E-state index in [9.17, 15) is 9.90 Å². The number of nitrogens with zero attached hydrogens (tertiary/aromatic N) is 4. The molecule has 3 heterocycles. The highest BCUT2D eigenvalue weighted by Crippen LogP contribution is 2.29. The van der Waals surface area contributed by atoms with Gasteiger partial charge in [0.15, 0.2) is 5.65 Å². The summed E-state index contributed by atoms with van der Waals surface area (Å²) in [7, 11) is 0. The van der Waals surface area contributed by atoms with Crippen LogP contribution in [0.2, 0.25) is 0 Å². The predicted octanol–water partition coefficient (Wildman–Crippen LogP) is 1.85. The van der Waals surface area contributed by atoms with Crippen LogP contribution in [0, 0.1) is 0 Å². The van der Waals surface area contributed by atoms with Crippen LogP contribution in [0.5, 0.6) is 0 Å². The number of carbonyl (C=O) groups excluding carboxylic acids is 1. The lowest BCUT2D eigenvalue weighted by molar-refractivity contribution is 0.135. The smallest absolute Gasteiger partial charge is 0.324 e. The highest BCUT2D eigenvalue weighted by Gasteiger charge is 2.30. The molecule has 0 aliphatic carbocycles. The molecule has 4 rings (SSSR count). The maximum absolute atomic E-state index is 12.7. The summed E-state index contributed by atoms with van der Waals surface area (Å²) in [5.41, 5.74) is 2.83. The molecule has 0 radical (unpaired) electrons. The van der Waals surface area contributed by atoms with Gasteiger partial charge in [-0.2, -0.15) is 0 Å². The highest BCUT2D eigenvalue weighted by molar-refractivity contribution is 5.88. The molecule has 122 valence electrons. The minimum atomic E-state index is -0.353. The Balaban J connectivity index is 1.60. The van der Waals surface area contributed by atoms with E-state index < -0.39 is 0 Å². The van der Waals surface area contributed by atoms with Gasteiger partial charge in [0.05, 0.1) is 12.6 Å². The van der Waals surface area contributed by atoms with Crippen LogP contribution < -0.4 is 5.32 Å². The minimum Gasteiger partial charge on any atom is -0.394 e. The third kappa shape index (κ3) is 2.39. The Kier molecular flexibility index (Phi) is 3.62. The summed E-state index contributed by atoms with van der Waals surface area (Å²) in [6, 6.07) is 12.8. The number of urea groups is 1. The normalized spacial score (nSPS) is 16.9. The van der Waals surface area contributed by atoms with E-state index in [-0.39, 0.29) is 18.7 Å². The molecule has 1 unspecified atom stereocenters. The summed E-state index contributed by atoms with van der Waals surface area (Å²) < 4.78 is 1.71. The van der Waals surface area contributed by atoms with Crippen molar-refractivity contribution in [3.63, 3.8) is 0 Å². The maximum atomic E-state index is 12.7. The van der Waals surface area contributed by atoms with Crippen LogP contribution in [0.4, 0.5) is 10.7 Å². The Morgan fingerprint density at radius 1 is 1.21 bits per heavy atom. The van der Waals surface area contributed by atoms with Gasteiger partial charge in [-0.1, -0.05) is 30.3 Å². The average molecular weight is 323 g/mol. The Bertz CT molecular complexity index is 891. The second kappa shape index (κ2) is 5.93. The fourth-order valence-electron chi connectivity index (χ4n) is 3.19. The molecule has 24 heavy (non-hydrogen) atoms. The van der Waals surface area contributed by atoms with Gasteiger partial charge in [0.1, 0.15) is 0 Å². The molecule has 0 spiro atoms. The molecule has 1 atom stereocenters. The van der Waals surface area contributed by atoms with Crippen LogP contribution in [-0.2, 0) is 6.42 Å². The summed E-state index contributed by atoms with van der Waals surface area (Å²) in [4.78, 5) is 14.4. The Hall–Kier alpha value is -2.93. The average Bonchev–Trinajstić information content (AvgIpc) is 3.03. The van der Waals surface area contributed by atoms with Crippen molar-refractivity contribution in [1.82, 2.24) is 19.5 Å². The molecule has 0 saturated carbocycles. The first kappa shape index (κ1) is 14.6. The number of pyridine rings is 1. The first-order chi connectivity index (χ1) is 11.8. The first-order valence-corrected chi connectivity index (χ1v) is 7.84. The standard InChI is InChI=1S/C17H17N5O2/c23-11-14-13-6-2-1-5-12(13)8-10-21(14)17(24)18-16-20-19-15-7-3-4-9-22(15)16/h1-7,9,14,23H,8,10-11H2,(H,18,20,24). The van der Waals surface area contributed by atoms with Gasteiger partial charge >= 0.3 is 6.03 Å². The fraction of sp³-hybridized carbons (Fsp3) is 0.235. The van der Waals surface area contributed by atoms with Crippen LogP contribution in [0.15, 0.2) is 48.7 Å². The molecule has 1 aromatic carbocycles. The van der Waals surface area contributed by atoms with Crippen molar-refractivity contribution in [2.75, 3.05) is 18.5 Å². The van der Waals surface area contributed by atoms with Crippen LogP contribution in [0.1, 0.15) is 17.2 Å². The summed E-state index contributed by atoms with van der Waals surface area (Å²) in [6.07, 6.45) is 2.56. The van der Waals surface area contributed by atoms with Crippen molar-refractivity contribution < 1.29 is 9.90 Å². The molecule has 7 heteroatoms. The van der Waals surface area contributed by atoms with Gasteiger partial charge in [0.25, 0.3) is 0 Å². The fourth-order valence-corrected chi connectivity index (χ4v) is 3.19. The lowest BCUT2D eigenvalue weighted by atomic mass is 9.93. The van der Waals surface area contributed by atoms with Crippen molar-refractivity contribution in [2.45, 2.75) is 12.5 Å². The van der Waals surface area contributed by atoms with Gasteiger partial charge in [-0.3, -0.25) is 9.72 Å². The zero-order chi connectivity index (χ0) is 16.5. The second-order valence-electron chi connectivity index (χ2n) is 5.72. The molecule has 0 saturated heterocycles. The van der Waals surface area contributed by atoms with Gasteiger partial charge in [-0.15, -0.1) is 10.2 Å². The number of carbonyl (C=O) groups is 1. The van der Waals surface area contributed by atoms with E-state index in [0.717, 1.165) is 12.0 Å². The molecule has 7 nitrogen and oxygen atoms in total. The van der Waals surface area contributed by atoms with Crippen molar-refractivity contribution in [1.29, 1.82) is 0 Å². The van der Waals surface area contributed by atoms with Gasteiger partial charge in [-0.25, -0.2) is 4.79 Å². The van der Waals surface area contributed by atoms with Crippen molar-refractivity contribution in [3.05, 3.63) is 59.8 Å². The Morgan fingerprint density at radius 2 is 2.04 bits per heavy atom. The van der Waals surface area contributed by atoms with Gasteiger partial charge in [-0.05, 0) is 29.7 Å². The van der Waals surface area contributed by atoms with E-state index in [2.05, 4.69) is 15.5 Å². The largest absolute Gasteiger partial charge is 0.394 e. The molecule has 2 N–H and O–H groups in total. The van der Waals surface area contributed by atoms with Crippen molar-refractivity contribution in [3.8, 4) is 0 Å². The summed E-state index contributed by atoms with van der Waals surface area (Å²) >= 11 is 0. The third-order valence-electron chi connectivity index (χ3n) is 4.38. The monoisotopic (exact) mass is 323 g/mol. The Labute approximate surface area is 138 Å². The number of benzene rings is 1. The molecule has 2 aromatic heterocycles. The third-order valence-corrected chi connectivity index (χ3v) is 4.38. The molecule has 0 fully saturated rings. The zero-order valence-electron chi connectivity index (χ0n) is 13.0. The number of aromatic nitrogens is 3. The van der Waals surface area contributed by atoms with Crippen LogP contribution >= 0.6 is 0 Å². The molecule has 3 aromatic rings.